The lowest BCUT2D eigenvalue weighted by Crippen LogP contribution is -2.39. The van der Waals surface area contributed by atoms with Gasteiger partial charge in [0.25, 0.3) is 0 Å². The molecule has 82 valence electrons. The minimum absolute atomic E-state index is 0.533. The van der Waals surface area contributed by atoms with E-state index in [1.54, 1.807) is 24.3 Å². The second-order valence-electron chi connectivity index (χ2n) is 4.88. The van der Waals surface area contributed by atoms with Crippen LogP contribution in [0.2, 0.25) is 5.02 Å². The first-order valence-electron chi connectivity index (χ1n) is 5.46. The molecule has 0 unspecified atom stereocenters. The molecule has 0 amide bonds. The molecule has 15 heavy (non-hydrogen) atoms. The molecule has 1 aromatic rings. The zero-order valence-corrected chi connectivity index (χ0v) is 9.89. The van der Waals surface area contributed by atoms with Gasteiger partial charge in [-0.05, 0) is 42.4 Å². The number of hydrogen-bond acceptors (Lipinski definition) is 0. The zero-order chi connectivity index (χ0) is 11.1. The van der Waals surface area contributed by atoms with E-state index < -0.39 is 5.67 Å². The molecule has 0 bridgehead atoms. The van der Waals surface area contributed by atoms with Crippen molar-refractivity contribution >= 4 is 11.6 Å². The summed E-state index contributed by atoms with van der Waals surface area (Å²) in [6, 6.07) is 7.14. The summed E-state index contributed by atoms with van der Waals surface area (Å²) in [5.74, 6) is 1.12. The van der Waals surface area contributed by atoms with E-state index in [0.717, 1.165) is 5.56 Å². The van der Waals surface area contributed by atoms with Crippen LogP contribution in [0.25, 0.3) is 0 Å². The Morgan fingerprint density at radius 3 is 2.27 bits per heavy atom. The smallest absolute Gasteiger partial charge is 0.136 e. The molecule has 1 fully saturated rings. The topological polar surface area (TPSA) is 0 Å². The molecule has 0 atom stereocenters. The number of benzene rings is 1. The third-order valence-corrected chi connectivity index (χ3v) is 3.73. The van der Waals surface area contributed by atoms with Gasteiger partial charge in [0.2, 0.25) is 0 Å². The third kappa shape index (κ3) is 2.03. The first kappa shape index (κ1) is 10.9. The van der Waals surface area contributed by atoms with Gasteiger partial charge in [0.15, 0.2) is 0 Å². The van der Waals surface area contributed by atoms with E-state index >= 15 is 0 Å². The lowest BCUT2D eigenvalue weighted by atomic mass is 9.65. The zero-order valence-electron chi connectivity index (χ0n) is 9.13. The average molecular weight is 227 g/mol. The Morgan fingerprint density at radius 2 is 1.80 bits per heavy atom. The van der Waals surface area contributed by atoms with Crippen LogP contribution < -0.4 is 0 Å². The summed E-state index contributed by atoms with van der Waals surface area (Å²) in [6.07, 6.45) is 1.32. The van der Waals surface area contributed by atoms with Crippen LogP contribution in [-0.2, 0) is 5.67 Å². The van der Waals surface area contributed by atoms with Crippen LogP contribution in [0.3, 0.4) is 0 Å². The van der Waals surface area contributed by atoms with Crippen LogP contribution in [-0.4, -0.2) is 0 Å². The Labute approximate surface area is 95.4 Å². The molecule has 0 aliphatic heterocycles. The summed E-state index contributed by atoms with van der Waals surface area (Å²) >= 11 is 5.78. The highest BCUT2D eigenvalue weighted by Crippen LogP contribution is 2.51. The van der Waals surface area contributed by atoms with Gasteiger partial charge in [-0.15, -0.1) is 0 Å². The van der Waals surface area contributed by atoms with E-state index in [4.69, 9.17) is 11.6 Å². The molecule has 0 heterocycles. The van der Waals surface area contributed by atoms with Crippen LogP contribution in [0.15, 0.2) is 24.3 Å². The Hall–Kier alpha value is -0.560. The minimum atomic E-state index is -1.10. The Morgan fingerprint density at radius 1 is 1.27 bits per heavy atom. The SMILES string of the molecule is CC(C)C1CC(F)(c2ccc(Cl)cc2)C1. The van der Waals surface area contributed by atoms with Gasteiger partial charge in [-0.3, -0.25) is 0 Å². The lowest BCUT2D eigenvalue weighted by Gasteiger charge is -2.44. The number of alkyl halides is 1. The number of halogens is 2. The molecular formula is C13H16ClF. The van der Waals surface area contributed by atoms with E-state index in [-0.39, 0.29) is 0 Å². The summed E-state index contributed by atoms with van der Waals surface area (Å²) in [6.45, 7) is 4.32. The van der Waals surface area contributed by atoms with Gasteiger partial charge in [-0.25, -0.2) is 4.39 Å². The number of rotatable bonds is 2. The molecule has 0 radical (unpaired) electrons. The van der Waals surface area contributed by atoms with Crippen molar-refractivity contribution in [3.63, 3.8) is 0 Å². The minimum Gasteiger partial charge on any atom is -0.239 e. The van der Waals surface area contributed by atoms with Crippen LogP contribution in [0, 0.1) is 11.8 Å². The van der Waals surface area contributed by atoms with Crippen molar-refractivity contribution in [3.8, 4) is 0 Å². The Balaban J connectivity index is 2.10. The van der Waals surface area contributed by atoms with Gasteiger partial charge < -0.3 is 0 Å². The maximum absolute atomic E-state index is 14.3. The fourth-order valence-corrected chi connectivity index (χ4v) is 2.35. The Kier molecular flexibility index (Phi) is 2.76. The van der Waals surface area contributed by atoms with Gasteiger partial charge in [0, 0.05) is 5.02 Å². The summed E-state index contributed by atoms with van der Waals surface area (Å²) in [5, 5.41) is 0.669. The van der Waals surface area contributed by atoms with Gasteiger partial charge in [-0.1, -0.05) is 37.6 Å². The highest BCUT2D eigenvalue weighted by atomic mass is 35.5. The highest BCUT2D eigenvalue weighted by Gasteiger charge is 2.46. The van der Waals surface area contributed by atoms with Crippen LogP contribution in [0.4, 0.5) is 4.39 Å². The molecule has 0 aromatic heterocycles. The molecule has 2 heteroatoms. The van der Waals surface area contributed by atoms with Gasteiger partial charge in [0.1, 0.15) is 5.67 Å². The normalized spacial score (nSPS) is 30.3. The molecule has 1 saturated carbocycles. The quantitative estimate of drug-likeness (QED) is 0.693. The van der Waals surface area contributed by atoms with Crippen LogP contribution >= 0.6 is 11.6 Å². The van der Waals surface area contributed by atoms with E-state index in [2.05, 4.69) is 13.8 Å². The molecule has 0 N–H and O–H groups in total. The van der Waals surface area contributed by atoms with Crippen molar-refractivity contribution < 1.29 is 4.39 Å². The third-order valence-electron chi connectivity index (χ3n) is 3.48. The van der Waals surface area contributed by atoms with Crippen molar-refractivity contribution in [1.29, 1.82) is 0 Å². The molecular weight excluding hydrogens is 211 g/mol. The molecule has 2 rings (SSSR count). The first-order valence-corrected chi connectivity index (χ1v) is 5.84. The largest absolute Gasteiger partial charge is 0.239 e. The monoisotopic (exact) mass is 226 g/mol. The van der Waals surface area contributed by atoms with Gasteiger partial charge >= 0.3 is 0 Å². The van der Waals surface area contributed by atoms with Crippen molar-refractivity contribution in [2.24, 2.45) is 11.8 Å². The second-order valence-corrected chi connectivity index (χ2v) is 5.32. The van der Waals surface area contributed by atoms with Crippen molar-refractivity contribution in [1.82, 2.24) is 0 Å². The van der Waals surface area contributed by atoms with Crippen LogP contribution in [0.1, 0.15) is 32.3 Å². The lowest BCUT2D eigenvalue weighted by molar-refractivity contribution is -0.0183. The van der Waals surface area contributed by atoms with E-state index in [0.29, 0.717) is 29.7 Å². The standard InChI is InChI=1S/C13H16ClF/c1-9(2)10-7-13(15,8-10)11-3-5-12(14)6-4-11/h3-6,9-10H,7-8H2,1-2H3. The Bertz CT molecular complexity index is 336. The van der Waals surface area contributed by atoms with Crippen molar-refractivity contribution in [2.45, 2.75) is 32.4 Å². The molecule has 0 saturated heterocycles. The summed E-state index contributed by atoms with van der Waals surface area (Å²) in [7, 11) is 0. The fourth-order valence-electron chi connectivity index (χ4n) is 2.23. The van der Waals surface area contributed by atoms with Crippen molar-refractivity contribution in [2.75, 3.05) is 0 Å². The molecule has 0 nitrogen and oxygen atoms in total. The van der Waals surface area contributed by atoms with E-state index in [9.17, 15) is 4.39 Å². The van der Waals surface area contributed by atoms with Crippen molar-refractivity contribution in [3.05, 3.63) is 34.9 Å². The predicted octanol–water partition coefficient (Wildman–Crippen LogP) is 4.57. The summed E-state index contributed by atoms with van der Waals surface area (Å²) in [4.78, 5) is 0. The average Bonchev–Trinajstić information content (AvgIpc) is 2.13. The van der Waals surface area contributed by atoms with Gasteiger partial charge in [-0.2, -0.15) is 0 Å². The van der Waals surface area contributed by atoms with E-state index in [1.165, 1.54) is 0 Å². The number of hydrogen-bond donors (Lipinski definition) is 0. The second kappa shape index (κ2) is 3.79. The first-order chi connectivity index (χ1) is 7.01. The highest BCUT2D eigenvalue weighted by molar-refractivity contribution is 6.30. The summed E-state index contributed by atoms with van der Waals surface area (Å²) < 4.78 is 14.3. The maximum atomic E-state index is 14.3. The molecule has 1 aliphatic rings. The molecule has 1 aromatic carbocycles. The molecule has 1 aliphatic carbocycles. The fraction of sp³-hybridized carbons (Fsp3) is 0.538. The van der Waals surface area contributed by atoms with E-state index in [1.807, 2.05) is 0 Å². The summed E-state index contributed by atoms with van der Waals surface area (Å²) in [5.41, 5.74) is -0.316. The predicted molar refractivity (Wildman–Crippen MR) is 61.8 cm³/mol. The van der Waals surface area contributed by atoms with Gasteiger partial charge in [0.05, 0.1) is 0 Å². The maximum Gasteiger partial charge on any atom is 0.136 e. The molecule has 0 spiro atoms. The van der Waals surface area contributed by atoms with Crippen LogP contribution in [0.5, 0.6) is 0 Å².